The van der Waals surface area contributed by atoms with Crippen LogP contribution < -0.4 is 10.6 Å². The van der Waals surface area contributed by atoms with Crippen molar-refractivity contribution in [2.75, 3.05) is 25.5 Å². The molecule has 0 saturated heterocycles. The molecule has 6 heteroatoms. The van der Waals surface area contributed by atoms with Gasteiger partial charge in [-0.15, -0.1) is 0 Å². The Bertz CT molecular complexity index is 301. The van der Waals surface area contributed by atoms with Gasteiger partial charge in [0.25, 0.3) is 5.91 Å². The van der Waals surface area contributed by atoms with Crippen molar-refractivity contribution in [3.63, 3.8) is 0 Å². The van der Waals surface area contributed by atoms with E-state index >= 15 is 0 Å². The molecule has 1 amide bonds. The van der Waals surface area contributed by atoms with E-state index in [9.17, 15) is 4.79 Å². The molecule has 1 heterocycles. The molecule has 1 aromatic rings. The fourth-order valence-corrected chi connectivity index (χ4v) is 1.55. The summed E-state index contributed by atoms with van der Waals surface area (Å²) in [5, 5.41) is 14.8. The predicted molar refractivity (Wildman–Crippen MR) is 55.7 cm³/mol. The number of aromatic nitrogens is 1. The maximum absolute atomic E-state index is 11.4. The maximum atomic E-state index is 11.4. The molecule has 14 heavy (non-hydrogen) atoms. The van der Waals surface area contributed by atoms with E-state index in [1.54, 1.807) is 7.05 Å². The number of aliphatic hydroxyl groups excluding tert-OH is 1. The highest BCUT2D eigenvalue weighted by Gasteiger charge is 2.08. The number of hydrogen-bond acceptors (Lipinski definition) is 5. The third kappa shape index (κ3) is 2.97. The SMILES string of the molecule is CNc1ncc(C(=O)NCCCO)s1. The summed E-state index contributed by atoms with van der Waals surface area (Å²) in [6, 6.07) is 0. The summed E-state index contributed by atoms with van der Waals surface area (Å²) in [5.74, 6) is -0.141. The van der Waals surface area contributed by atoms with Gasteiger partial charge in [0.2, 0.25) is 0 Å². The fraction of sp³-hybridized carbons (Fsp3) is 0.500. The average Bonchev–Trinajstić information content (AvgIpc) is 2.66. The van der Waals surface area contributed by atoms with Gasteiger partial charge in [-0.2, -0.15) is 0 Å². The molecule has 0 aliphatic rings. The number of nitrogens with zero attached hydrogens (tertiary/aromatic N) is 1. The lowest BCUT2D eigenvalue weighted by molar-refractivity contribution is 0.0955. The molecular weight excluding hydrogens is 202 g/mol. The number of nitrogens with one attached hydrogen (secondary N) is 2. The maximum Gasteiger partial charge on any atom is 0.263 e. The summed E-state index contributed by atoms with van der Waals surface area (Å²) in [6.45, 7) is 0.576. The summed E-state index contributed by atoms with van der Waals surface area (Å²) < 4.78 is 0. The lowest BCUT2D eigenvalue weighted by Crippen LogP contribution is -2.24. The van der Waals surface area contributed by atoms with E-state index in [-0.39, 0.29) is 12.5 Å². The van der Waals surface area contributed by atoms with Crippen molar-refractivity contribution < 1.29 is 9.90 Å². The Kier molecular flexibility index (Phi) is 4.34. The van der Waals surface area contributed by atoms with E-state index in [1.807, 2.05) is 0 Å². The second kappa shape index (κ2) is 5.56. The second-order valence-corrected chi connectivity index (χ2v) is 3.64. The third-order valence-electron chi connectivity index (χ3n) is 1.56. The average molecular weight is 215 g/mol. The Balaban J connectivity index is 2.44. The first-order chi connectivity index (χ1) is 6.77. The molecule has 1 aromatic heterocycles. The topological polar surface area (TPSA) is 74.2 Å². The molecule has 0 aliphatic heterocycles. The first kappa shape index (κ1) is 10.9. The molecular formula is C8H13N3O2S. The third-order valence-corrected chi connectivity index (χ3v) is 2.58. The van der Waals surface area contributed by atoms with Crippen LogP contribution in [0, 0.1) is 0 Å². The normalized spacial score (nSPS) is 9.86. The van der Waals surface area contributed by atoms with Gasteiger partial charge in [-0.3, -0.25) is 4.79 Å². The van der Waals surface area contributed by atoms with E-state index in [1.165, 1.54) is 17.5 Å². The van der Waals surface area contributed by atoms with Crippen LogP contribution in [0.1, 0.15) is 16.1 Å². The standard InChI is InChI=1S/C8H13N3O2S/c1-9-8-11-5-6(14-8)7(13)10-3-2-4-12/h5,12H,2-4H2,1H3,(H,9,11)(H,10,13). The Hall–Kier alpha value is -1.14. The van der Waals surface area contributed by atoms with Crippen LogP contribution in [0.25, 0.3) is 0 Å². The van der Waals surface area contributed by atoms with Crippen molar-refractivity contribution >= 4 is 22.4 Å². The number of amides is 1. The molecule has 0 fully saturated rings. The van der Waals surface area contributed by atoms with E-state index < -0.39 is 0 Å². The Labute approximate surface area is 86.2 Å². The molecule has 0 radical (unpaired) electrons. The largest absolute Gasteiger partial charge is 0.396 e. The van der Waals surface area contributed by atoms with E-state index in [0.717, 1.165) is 5.13 Å². The zero-order valence-corrected chi connectivity index (χ0v) is 8.73. The van der Waals surface area contributed by atoms with E-state index in [4.69, 9.17) is 5.11 Å². The minimum Gasteiger partial charge on any atom is -0.396 e. The first-order valence-electron chi connectivity index (χ1n) is 4.30. The second-order valence-electron chi connectivity index (χ2n) is 2.61. The number of carbonyl (C=O) groups excluding carboxylic acids is 1. The summed E-state index contributed by atoms with van der Waals surface area (Å²) in [7, 11) is 1.76. The van der Waals surface area contributed by atoms with Gasteiger partial charge in [-0.25, -0.2) is 4.98 Å². The molecule has 0 aromatic carbocycles. The molecule has 0 spiro atoms. The minimum atomic E-state index is -0.141. The zero-order valence-electron chi connectivity index (χ0n) is 7.91. The first-order valence-corrected chi connectivity index (χ1v) is 5.12. The molecule has 3 N–H and O–H groups in total. The fourth-order valence-electron chi connectivity index (χ4n) is 0.863. The quantitative estimate of drug-likeness (QED) is 0.617. The molecule has 5 nitrogen and oxygen atoms in total. The predicted octanol–water partition coefficient (Wildman–Crippen LogP) is 0.297. The van der Waals surface area contributed by atoms with Crippen LogP contribution in [0.3, 0.4) is 0 Å². The van der Waals surface area contributed by atoms with Gasteiger partial charge in [-0.1, -0.05) is 11.3 Å². The van der Waals surface area contributed by atoms with Crippen molar-refractivity contribution in [2.24, 2.45) is 0 Å². The van der Waals surface area contributed by atoms with Crippen LogP contribution in [0.15, 0.2) is 6.20 Å². The van der Waals surface area contributed by atoms with Crippen LogP contribution in [0.4, 0.5) is 5.13 Å². The molecule has 78 valence electrons. The summed E-state index contributed by atoms with van der Waals surface area (Å²) >= 11 is 1.30. The number of carbonyl (C=O) groups is 1. The number of hydrogen-bond donors (Lipinski definition) is 3. The van der Waals surface area contributed by atoms with Gasteiger partial charge in [0.05, 0.1) is 6.20 Å². The lowest BCUT2D eigenvalue weighted by Gasteiger charge is -1.99. The molecule has 0 saturated carbocycles. The van der Waals surface area contributed by atoms with Crippen LogP contribution >= 0.6 is 11.3 Å². The highest BCUT2D eigenvalue weighted by molar-refractivity contribution is 7.17. The zero-order chi connectivity index (χ0) is 10.4. The van der Waals surface area contributed by atoms with Crippen molar-refractivity contribution in [3.8, 4) is 0 Å². The smallest absolute Gasteiger partial charge is 0.263 e. The summed E-state index contributed by atoms with van der Waals surface area (Å²) in [4.78, 5) is 16.0. The van der Waals surface area contributed by atoms with E-state index in [2.05, 4.69) is 15.6 Å². The van der Waals surface area contributed by atoms with Crippen LogP contribution in [0.5, 0.6) is 0 Å². The number of rotatable bonds is 5. The number of anilines is 1. The number of thiazole rings is 1. The molecule has 0 bridgehead atoms. The van der Waals surface area contributed by atoms with Gasteiger partial charge < -0.3 is 15.7 Å². The number of aliphatic hydroxyl groups is 1. The summed E-state index contributed by atoms with van der Waals surface area (Å²) in [5.41, 5.74) is 0. The van der Waals surface area contributed by atoms with Crippen molar-refractivity contribution in [3.05, 3.63) is 11.1 Å². The highest BCUT2D eigenvalue weighted by Crippen LogP contribution is 2.16. The van der Waals surface area contributed by atoms with Crippen molar-refractivity contribution in [1.29, 1.82) is 0 Å². The van der Waals surface area contributed by atoms with Gasteiger partial charge >= 0.3 is 0 Å². The molecule has 0 atom stereocenters. The Morgan fingerprint density at radius 3 is 3.07 bits per heavy atom. The molecule has 0 aliphatic carbocycles. The highest BCUT2D eigenvalue weighted by atomic mass is 32.1. The van der Waals surface area contributed by atoms with Crippen LogP contribution in [-0.2, 0) is 0 Å². The Morgan fingerprint density at radius 2 is 2.50 bits per heavy atom. The van der Waals surface area contributed by atoms with E-state index in [0.29, 0.717) is 17.8 Å². The molecule has 0 unspecified atom stereocenters. The molecule has 1 rings (SSSR count). The Morgan fingerprint density at radius 1 is 1.71 bits per heavy atom. The van der Waals surface area contributed by atoms with Crippen LogP contribution in [0.2, 0.25) is 0 Å². The monoisotopic (exact) mass is 215 g/mol. The van der Waals surface area contributed by atoms with Gasteiger partial charge in [0.1, 0.15) is 4.88 Å². The van der Waals surface area contributed by atoms with Crippen molar-refractivity contribution in [1.82, 2.24) is 10.3 Å². The lowest BCUT2D eigenvalue weighted by atomic mass is 10.4. The van der Waals surface area contributed by atoms with Gasteiger partial charge in [-0.05, 0) is 6.42 Å². The van der Waals surface area contributed by atoms with Gasteiger partial charge in [0.15, 0.2) is 5.13 Å². The van der Waals surface area contributed by atoms with Crippen molar-refractivity contribution in [2.45, 2.75) is 6.42 Å². The summed E-state index contributed by atoms with van der Waals surface area (Å²) in [6.07, 6.45) is 2.11. The van der Waals surface area contributed by atoms with Crippen LogP contribution in [-0.4, -0.2) is 36.2 Å². The van der Waals surface area contributed by atoms with Gasteiger partial charge in [0, 0.05) is 20.2 Å². The minimum absolute atomic E-state index is 0.0880.